The maximum atomic E-state index is 12.1. The number of sulfonamides is 1. The van der Waals surface area contributed by atoms with Crippen LogP contribution in [-0.2, 0) is 21.3 Å². The highest BCUT2D eigenvalue weighted by Gasteiger charge is 2.24. The standard InChI is InChI=1S/C17H28N4O4S/c1-13(2)16(21-7-9-25-10-8-21)12-20-17(22)19-11-14-3-5-15(6-4-14)26(18,23)24/h3-6,13,16H,7-12H2,1-2H3,(H2,18,23,24)(H2,19,20,22)/t16-/m1/s1. The van der Waals surface area contributed by atoms with Crippen LogP contribution >= 0.6 is 0 Å². The fraction of sp³-hybridized carbons (Fsp3) is 0.588. The second-order valence-corrected chi connectivity index (χ2v) is 8.27. The zero-order valence-corrected chi connectivity index (χ0v) is 16.1. The minimum atomic E-state index is -3.70. The summed E-state index contributed by atoms with van der Waals surface area (Å²) in [6.07, 6.45) is 0. The lowest BCUT2D eigenvalue weighted by molar-refractivity contribution is 0.00719. The van der Waals surface area contributed by atoms with Gasteiger partial charge in [-0.1, -0.05) is 26.0 Å². The van der Waals surface area contributed by atoms with Crippen LogP contribution in [-0.4, -0.2) is 58.2 Å². The van der Waals surface area contributed by atoms with Gasteiger partial charge in [0.15, 0.2) is 0 Å². The van der Waals surface area contributed by atoms with Crippen LogP contribution in [0.2, 0.25) is 0 Å². The average molecular weight is 385 g/mol. The lowest BCUT2D eigenvalue weighted by Crippen LogP contribution is -2.52. The molecule has 8 nitrogen and oxygen atoms in total. The first-order valence-corrected chi connectivity index (χ1v) is 10.3. The molecule has 4 N–H and O–H groups in total. The lowest BCUT2D eigenvalue weighted by Gasteiger charge is -2.36. The molecule has 1 aliphatic heterocycles. The first kappa shape index (κ1) is 20.6. The monoisotopic (exact) mass is 384 g/mol. The van der Waals surface area contributed by atoms with Gasteiger partial charge in [-0.3, -0.25) is 4.90 Å². The number of hydrogen-bond donors (Lipinski definition) is 3. The molecule has 1 fully saturated rings. The van der Waals surface area contributed by atoms with Gasteiger partial charge in [0.05, 0.1) is 18.1 Å². The Labute approximate surface area is 155 Å². The minimum Gasteiger partial charge on any atom is -0.379 e. The molecule has 0 aliphatic carbocycles. The van der Waals surface area contributed by atoms with Gasteiger partial charge in [0.25, 0.3) is 0 Å². The average Bonchev–Trinajstić information content (AvgIpc) is 2.60. The summed E-state index contributed by atoms with van der Waals surface area (Å²) in [5.41, 5.74) is 0.793. The van der Waals surface area contributed by atoms with Crippen molar-refractivity contribution >= 4 is 16.1 Å². The van der Waals surface area contributed by atoms with Crippen molar-refractivity contribution in [3.05, 3.63) is 29.8 Å². The molecule has 1 saturated heterocycles. The van der Waals surface area contributed by atoms with E-state index in [4.69, 9.17) is 9.88 Å². The third kappa shape index (κ3) is 6.24. The predicted octanol–water partition coefficient (Wildman–Crippen LogP) is 0.490. The highest BCUT2D eigenvalue weighted by molar-refractivity contribution is 7.89. The number of carbonyl (C=O) groups is 1. The van der Waals surface area contributed by atoms with Gasteiger partial charge < -0.3 is 15.4 Å². The molecule has 0 spiro atoms. The van der Waals surface area contributed by atoms with E-state index in [-0.39, 0.29) is 17.0 Å². The Morgan fingerprint density at radius 3 is 2.35 bits per heavy atom. The highest BCUT2D eigenvalue weighted by atomic mass is 32.2. The summed E-state index contributed by atoms with van der Waals surface area (Å²) in [7, 11) is -3.70. The number of carbonyl (C=O) groups excluding carboxylic acids is 1. The molecule has 2 amide bonds. The van der Waals surface area contributed by atoms with Crippen LogP contribution in [0, 0.1) is 5.92 Å². The molecule has 2 rings (SSSR count). The molecule has 0 radical (unpaired) electrons. The number of rotatable bonds is 7. The molecule has 9 heteroatoms. The number of primary sulfonamides is 1. The molecular formula is C17H28N4O4S. The number of nitrogens with one attached hydrogen (secondary N) is 2. The number of ether oxygens (including phenoxy) is 1. The van der Waals surface area contributed by atoms with Gasteiger partial charge in [0.1, 0.15) is 0 Å². The molecule has 0 unspecified atom stereocenters. The van der Waals surface area contributed by atoms with Crippen LogP contribution < -0.4 is 15.8 Å². The smallest absolute Gasteiger partial charge is 0.315 e. The van der Waals surface area contributed by atoms with Gasteiger partial charge in [-0.05, 0) is 23.6 Å². The summed E-state index contributed by atoms with van der Waals surface area (Å²) < 4.78 is 27.8. The maximum absolute atomic E-state index is 12.1. The van der Waals surface area contributed by atoms with Gasteiger partial charge in [0, 0.05) is 32.2 Å². The van der Waals surface area contributed by atoms with Crippen molar-refractivity contribution in [2.45, 2.75) is 31.3 Å². The summed E-state index contributed by atoms with van der Waals surface area (Å²) in [5.74, 6) is 0.416. The number of nitrogens with zero attached hydrogens (tertiary/aromatic N) is 1. The molecular weight excluding hydrogens is 356 g/mol. The van der Waals surface area contributed by atoms with Crippen molar-refractivity contribution in [3.63, 3.8) is 0 Å². The van der Waals surface area contributed by atoms with Crippen LogP contribution in [0.3, 0.4) is 0 Å². The summed E-state index contributed by atoms with van der Waals surface area (Å²) in [6, 6.07) is 6.13. The zero-order chi connectivity index (χ0) is 19.2. The van der Waals surface area contributed by atoms with E-state index in [1.807, 2.05) is 0 Å². The van der Waals surface area contributed by atoms with Gasteiger partial charge in [0.2, 0.25) is 10.0 Å². The molecule has 1 aliphatic rings. The SMILES string of the molecule is CC(C)[C@@H](CNC(=O)NCc1ccc(S(N)(=O)=O)cc1)N1CCOCC1. The van der Waals surface area contributed by atoms with E-state index < -0.39 is 10.0 Å². The topological polar surface area (TPSA) is 114 Å². The quantitative estimate of drug-likeness (QED) is 0.633. The van der Waals surface area contributed by atoms with Crippen LogP contribution in [0.15, 0.2) is 29.2 Å². The second-order valence-electron chi connectivity index (χ2n) is 6.71. The predicted molar refractivity (Wildman–Crippen MR) is 99.1 cm³/mol. The molecule has 1 atom stereocenters. The van der Waals surface area contributed by atoms with E-state index in [1.165, 1.54) is 12.1 Å². The summed E-state index contributed by atoms with van der Waals surface area (Å²) in [6.45, 7) is 8.37. The Hall–Kier alpha value is -1.68. The Balaban J connectivity index is 1.80. The second kappa shape index (κ2) is 9.31. The fourth-order valence-corrected chi connectivity index (χ4v) is 3.45. The Morgan fingerprint density at radius 1 is 1.19 bits per heavy atom. The number of morpholine rings is 1. The number of benzene rings is 1. The van der Waals surface area contributed by atoms with E-state index in [1.54, 1.807) is 12.1 Å². The van der Waals surface area contributed by atoms with E-state index in [0.29, 0.717) is 19.0 Å². The van der Waals surface area contributed by atoms with Crippen molar-refractivity contribution in [3.8, 4) is 0 Å². The molecule has 26 heavy (non-hydrogen) atoms. The molecule has 1 aromatic carbocycles. The minimum absolute atomic E-state index is 0.0518. The van der Waals surface area contributed by atoms with Crippen molar-refractivity contribution in [1.29, 1.82) is 0 Å². The van der Waals surface area contributed by atoms with E-state index in [9.17, 15) is 13.2 Å². The van der Waals surface area contributed by atoms with Crippen molar-refractivity contribution in [1.82, 2.24) is 15.5 Å². The van der Waals surface area contributed by atoms with Crippen LogP contribution in [0.4, 0.5) is 4.79 Å². The maximum Gasteiger partial charge on any atom is 0.315 e. The Morgan fingerprint density at radius 2 is 1.81 bits per heavy atom. The first-order valence-electron chi connectivity index (χ1n) is 8.72. The molecule has 146 valence electrons. The summed E-state index contributed by atoms with van der Waals surface area (Å²) >= 11 is 0. The number of urea groups is 1. The number of amides is 2. The van der Waals surface area contributed by atoms with Crippen LogP contribution in [0.1, 0.15) is 19.4 Å². The fourth-order valence-electron chi connectivity index (χ4n) is 2.93. The van der Waals surface area contributed by atoms with Crippen molar-refractivity contribution in [2.75, 3.05) is 32.8 Å². The summed E-state index contributed by atoms with van der Waals surface area (Å²) in [4.78, 5) is 14.5. The third-order valence-corrected chi connectivity index (χ3v) is 5.39. The van der Waals surface area contributed by atoms with Crippen LogP contribution in [0.25, 0.3) is 0 Å². The molecule has 0 bridgehead atoms. The van der Waals surface area contributed by atoms with Crippen molar-refractivity contribution < 1.29 is 17.9 Å². The Kier molecular flexibility index (Phi) is 7.39. The molecule has 1 heterocycles. The zero-order valence-electron chi connectivity index (χ0n) is 15.3. The first-order chi connectivity index (χ1) is 12.3. The van der Waals surface area contributed by atoms with E-state index >= 15 is 0 Å². The molecule has 0 aromatic heterocycles. The van der Waals surface area contributed by atoms with Crippen molar-refractivity contribution in [2.24, 2.45) is 11.1 Å². The largest absolute Gasteiger partial charge is 0.379 e. The number of hydrogen-bond acceptors (Lipinski definition) is 5. The van der Waals surface area contributed by atoms with Gasteiger partial charge in [-0.15, -0.1) is 0 Å². The molecule has 0 saturated carbocycles. The van der Waals surface area contributed by atoms with Gasteiger partial charge in [-0.2, -0.15) is 0 Å². The third-order valence-electron chi connectivity index (χ3n) is 4.46. The van der Waals surface area contributed by atoms with Gasteiger partial charge >= 0.3 is 6.03 Å². The number of nitrogens with two attached hydrogens (primary N) is 1. The molecule has 1 aromatic rings. The van der Waals surface area contributed by atoms with Crippen LogP contribution in [0.5, 0.6) is 0 Å². The van der Waals surface area contributed by atoms with Gasteiger partial charge in [-0.25, -0.2) is 18.4 Å². The Bertz CT molecular complexity index is 685. The van der Waals surface area contributed by atoms with E-state index in [0.717, 1.165) is 31.9 Å². The van der Waals surface area contributed by atoms with E-state index in [2.05, 4.69) is 29.4 Å². The summed E-state index contributed by atoms with van der Waals surface area (Å²) in [5, 5.41) is 10.8. The lowest BCUT2D eigenvalue weighted by atomic mass is 10.0. The normalized spacial score (nSPS) is 17.1. The highest BCUT2D eigenvalue weighted by Crippen LogP contribution is 2.12.